The number of sulfonamides is 1. The standard InChI is InChI=1S/C26H25N5O3S/c1-3-14-35(32,33)30-19-6-4-18(5-7-19)25-23(16-27)22-11-10-21(15-24(22)31(25)20-8-9-20)34-26-28-13-12-17(2)29-26/h4-7,10-13,15,20,30H,3,8-9,14H2,1-2H3. The van der Waals surface area contributed by atoms with Crippen molar-refractivity contribution in [2.45, 2.75) is 39.2 Å². The zero-order valence-corrected chi connectivity index (χ0v) is 20.3. The molecule has 0 radical (unpaired) electrons. The lowest BCUT2D eigenvalue weighted by Gasteiger charge is -2.12. The summed E-state index contributed by atoms with van der Waals surface area (Å²) in [6.07, 6.45) is 4.26. The van der Waals surface area contributed by atoms with Gasteiger partial charge in [0.2, 0.25) is 10.0 Å². The van der Waals surface area contributed by atoms with Gasteiger partial charge in [0.25, 0.3) is 0 Å². The van der Waals surface area contributed by atoms with Crippen LogP contribution in [-0.4, -0.2) is 28.7 Å². The third-order valence-electron chi connectivity index (χ3n) is 5.89. The van der Waals surface area contributed by atoms with Crippen molar-refractivity contribution in [3.05, 3.63) is 66.0 Å². The minimum atomic E-state index is -3.37. The predicted molar refractivity (Wildman–Crippen MR) is 135 cm³/mol. The second kappa shape index (κ2) is 9.04. The average molecular weight is 488 g/mol. The molecule has 0 aliphatic heterocycles. The summed E-state index contributed by atoms with van der Waals surface area (Å²) in [7, 11) is -3.37. The fourth-order valence-electron chi connectivity index (χ4n) is 4.24. The number of nitrogens with zero attached hydrogens (tertiary/aromatic N) is 4. The maximum Gasteiger partial charge on any atom is 0.322 e. The Labute approximate surface area is 204 Å². The molecular weight excluding hydrogens is 462 g/mol. The molecule has 2 aromatic heterocycles. The average Bonchev–Trinajstić information content (AvgIpc) is 3.60. The number of aromatic nitrogens is 3. The second-order valence-corrected chi connectivity index (χ2v) is 10.5. The van der Waals surface area contributed by atoms with E-state index in [1.807, 2.05) is 44.2 Å². The lowest BCUT2D eigenvalue weighted by Crippen LogP contribution is -2.15. The summed E-state index contributed by atoms with van der Waals surface area (Å²) in [6, 6.07) is 17.6. The zero-order valence-electron chi connectivity index (χ0n) is 19.5. The van der Waals surface area contributed by atoms with Crippen molar-refractivity contribution >= 4 is 26.6 Å². The Morgan fingerprint density at radius 1 is 1.17 bits per heavy atom. The molecule has 178 valence electrons. The topological polar surface area (TPSA) is 110 Å². The van der Waals surface area contributed by atoms with Crippen LogP contribution in [0.25, 0.3) is 22.2 Å². The number of nitrogens with one attached hydrogen (secondary N) is 1. The third kappa shape index (κ3) is 4.70. The van der Waals surface area contributed by atoms with Crippen LogP contribution >= 0.6 is 0 Å². The fourth-order valence-corrected chi connectivity index (χ4v) is 5.37. The monoisotopic (exact) mass is 487 g/mol. The van der Waals surface area contributed by atoms with Crippen molar-refractivity contribution in [3.63, 3.8) is 0 Å². The van der Waals surface area contributed by atoms with Crippen molar-refractivity contribution < 1.29 is 13.2 Å². The van der Waals surface area contributed by atoms with E-state index in [4.69, 9.17) is 4.74 Å². The number of rotatable bonds is 8. The Bertz CT molecular complexity index is 1550. The molecule has 0 spiro atoms. The molecule has 2 aromatic carbocycles. The van der Waals surface area contributed by atoms with Gasteiger partial charge in [-0.2, -0.15) is 5.26 Å². The van der Waals surface area contributed by atoms with Crippen LogP contribution in [0.15, 0.2) is 54.7 Å². The van der Waals surface area contributed by atoms with E-state index in [0.29, 0.717) is 29.5 Å². The van der Waals surface area contributed by atoms with E-state index in [2.05, 4.69) is 25.3 Å². The molecule has 1 saturated carbocycles. The largest absolute Gasteiger partial charge is 0.424 e. The fraction of sp³-hybridized carbons (Fsp3) is 0.269. The predicted octanol–water partition coefficient (Wildman–Crippen LogP) is 5.56. The number of aryl methyl sites for hydroxylation is 1. The van der Waals surface area contributed by atoms with E-state index in [0.717, 1.165) is 40.7 Å². The lowest BCUT2D eigenvalue weighted by molar-refractivity contribution is 0.441. The van der Waals surface area contributed by atoms with E-state index in [-0.39, 0.29) is 11.8 Å². The number of hydrogen-bond donors (Lipinski definition) is 1. The van der Waals surface area contributed by atoms with Gasteiger partial charge in [0.05, 0.1) is 22.5 Å². The summed E-state index contributed by atoms with van der Waals surface area (Å²) in [6.45, 7) is 3.70. The summed E-state index contributed by atoms with van der Waals surface area (Å²) in [4.78, 5) is 8.48. The van der Waals surface area contributed by atoms with Gasteiger partial charge in [-0.05, 0) is 62.1 Å². The molecule has 0 unspecified atom stereocenters. The number of ether oxygens (including phenoxy) is 1. The van der Waals surface area contributed by atoms with Crippen LogP contribution in [0.2, 0.25) is 0 Å². The molecule has 5 rings (SSSR count). The summed E-state index contributed by atoms with van der Waals surface area (Å²) in [5, 5.41) is 10.9. The first-order valence-electron chi connectivity index (χ1n) is 11.5. The van der Waals surface area contributed by atoms with E-state index in [9.17, 15) is 13.7 Å². The summed E-state index contributed by atoms with van der Waals surface area (Å²) >= 11 is 0. The number of nitriles is 1. The Balaban J connectivity index is 1.56. The summed E-state index contributed by atoms with van der Waals surface area (Å²) in [5.74, 6) is 0.667. The molecule has 1 aliphatic rings. The lowest BCUT2D eigenvalue weighted by atomic mass is 10.1. The minimum absolute atomic E-state index is 0.0707. The van der Waals surface area contributed by atoms with E-state index in [1.54, 1.807) is 24.4 Å². The van der Waals surface area contributed by atoms with Crippen LogP contribution in [0.3, 0.4) is 0 Å². The van der Waals surface area contributed by atoms with E-state index < -0.39 is 10.0 Å². The van der Waals surface area contributed by atoms with Crippen LogP contribution in [0.5, 0.6) is 11.8 Å². The normalized spacial score (nSPS) is 13.5. The molecule has 0 amide bonds. The molecule has 9 heteroatoms. The van der Waals surface area contributed by atoms with Crippen LogP contribution in [0.4, 0.5) is 5.69 Å². The first-order valence-corrected chi connectivity index (χ1v) is 13.2. The molecule has 0 saturated heterocycles. The number of anilines is 1. The zero-order chi connectivity index (χ0) is 24.6. The van der Waals surface area contributed by atoms with Crippen LogP contribution in [-0.2, 0) is 10.0 Å². The highest BCUT2D eigenvalue weighted by Gasteiger charge is 2.31. The van der Waals surface area contributed by atoms with E-state index in [1.165, 1.54) is 0 Å². The highest BCUT2D eigenvalue weighted by atomic mass is 32.2. The molecule has 8 nitrogen and oxygen atoms in total. The smallest absolute Gasteiger partial charge is 0.322 e. The van der Waals surface area contributed by atoms with E-state index >= 15 is 0 Å². The SMILES string of the molecule is CCCS(=O)(=O)Nc1ccc(-c2c(C#N)c3ccc(Oc4nccc(C)n4)cc3n2C2CC2)cc1. The first kappa shape index (κ1) is 22.9. The van der Waals surface area contributed by atoms with Crippen LogP contribution < -0.4 is 9.46 Å². The first-order chi connectivity index (χ1) is 16.9. The number of fused-ring (bicyclic) bond motifs is 1. The Hall–Kier alpha value is -3.90. The Morgan fingerprint density at radius 3 is 2.60 bits per heavy atom. The van der Waals surface area contributed by atoms with Gasteiger partial charge in [0, 0.05) is 35.1 Å². The minimum Gasteiger partial charge on any atom is -0.424 e. The maximum atomic E-state index is 12.1. The molecule has 1 aliphatic carbocycles. The highest BCUT2D eigenvalue weighted by molar-refractivity contribution is 7.92. The molecule has 0 bridgehead atoms. The van der Waals surface area contributed by atoms with Gasteiger partial charge in [-0.1, -0.05) is 19.1 Å². The van der Waals surface area contributed by atoms with Gasteiger partial charge < -0.3 is 9.30 Å². The van der Waals surface area contributed by atoms with Crippen LogP contribution in [0, 0.1) is 18.3 Å². The third-order valence-corrected chi connectivity index (χ3v) is 7.38. The van der Waals surface area contributed by atoms with Gasteiger partial charge in [-0.3, -0.25) is 4.72 Å². The van der Waals surface area contributed by atoms with Crippen molar-refractivity contribution in [2.24, 2.45) is 0 Å². The van der Waals surface area contributed by atoms with Crippen LogP contribution in [0.1, 0.15) is 43.5 Å². The molecule has 1 N–H and O–H groups in total. The number of benzene rings is 2. The molecule has 35 heavy (non-hydrogen) atoms. The Kier molecular flexibility index (Phi) is 5.91. The molecular formula is C26H25N5O3S. The second-order valence-electron chi connectivity index (χ2n) is 8.70. The number of hydrogen-bond acceptors (Lipinski definition) is 6. The van der Waals surface area contributed by atoms with Crippen molar-refractivity contribution in [3.8, 4) is 29.1 Å². The highest BCUT2D eigenvalue weighted by Crippen LogP contribution is 2.45. The molecule has 0 atom stereocenters. The van der Waals surface area contributed by atoms with Crippen molar-refractivity contribution in [1.82, 2.24) is 14.5 Å². The van der Waals surface area contributed by atoms with Gasteiger partial charge in [0.15, 0.2) is 0 Å². The van der Waals surface area contributed by atoms with Gasteiger partial charge in [-0.25, -0.2) is 18.4 Å². The van der Waals surface area contributed by atoms with Gasteiger partial charge >= 0.3 is 6.01 Å². The van der Waals surface area contributed by atoms with Crippen molar-refractivity contribution in [2.75, 3.05) is 10.5 Å². The summed E-state index contributed by atoms with van der Waals surface area (Å²) in [5.41, 5.74) is 4.50. The quantitative estimate of drug-likeness (QED) is 0.349. The van der Waals surface area contributed by atoms with Gasteiger partial charge in [-0.15, -0.1) is 0 Å². The molecule has 2 heterocycles. The Morgan fingerprint density at radius 2 is 1.94 bits per heavy atom. The molecule has 1 fully saturated rings. The summed E-state index contributed by atoms with van der Waals surface area (Å²) < 4.78 is 35.0. The molecule has 4 aromatic rings. The van der Waals surface area contributed by atoms with Crippen molar-refractivity contribution in [1.29, 1.82) is 5.26 Å². The van der Waals surface area contributed by atoms with Gasteiger partial charge in [0.1, 0.15) is 11.8 Å². The maximum absolute atomic E-state index is 12.1.